The van der Waals surface area contributed by atoms with Gasteiger partial charge in [0.25, 0.3) is 5.91 Å². The van der Waals surface area contributed by atoms with E-state index in [1.54, 1.807) is 39.1 Å². The summed E-state index contributed by atoms with van der Waals surface area (Å²) < 4.78 is 41.2. The third kappa shape index (κ3) is 4.94. The van der Waals surface area contributed by atoms with Crippen molar-refractivity contribution in [3.8, 4) is 0 Å². The van der Waals surface area contributed by atoms with Crippen LogP contribution in [0.4, 0.5) is 4.39 Å². The first-order valence-electron chi connectivity index (χ1n) is 8.31. The topological polar surface area (TPSA) is 57.7 Å². The molecule has 0 bridgehead atoms. The van der Waals surface area contributed by atoms with Crippen LogP contribution >= 0.6 is 15.9 Å². The maximum atomic E-state index is 13.9. The number of halogens is 2. The Bertz CT molecular complexity index is 948. The lowest BCUT2D eigenvalue weighted by Crippen LogP contribution is -2.33. The maximum Gasteiger partial charge on any atom is 0.253 e. The third-order valence-corrected chi connectivity index (χ3v) is 6.77. The highest BCUT2D eigenvalue weighted by Crippen LogP contribution is 2.20. The zero-order valence-corrected chi connectivity index (χ0v) is 18.0. The minimum atomic E-state index is -3.69. The Morgan fingerprint density at radius 3 is 2.44 bits per heavy atom. The van der Waals surface area contributed by atoms with Crippen LogP contribution in [0.3, 0.4) is 0 Å². The zero-order valence-electron chi connectivity index (χ0n) is 15.6. The predicted molar refractivity (Wildman–Crippen MR) is 106 cm³/mol. The molecule has 0 N–H and O–H groups in total. The van der Waals surface area contributed by atoms with E-state index in [1.165, 1.54) is 40.5 Å². The molecule has 0 unspecified atom stereocenters. The van der Waals surface area contributed by atoms with Gasteiger partial charge in [-0.3, -0.25) is 4.79 Å². The first-order valence-corrected chi connectivity index (χ1v) is 10.5. The van der Waals surface area contributed by atoms with Crippen LogP contribution in [0.15, 0.2) is 51.8 Å². The standard InChI is InChI=1S/C19H22BrFN2O3S/c1-13(2)23(4)27(25,26)17-7-5-6-14(11-17)19(24)22(3)12-15-10-16(20)8-9-18(15)21/h5-11,13H,12H2,1-4H3. The number of nitrogens with zero attached hydrogens (tertiary/aromatic N) is 2. The van der Waals surface area contributed by atoms with Crippen LogP contribution in [0.5, 0.6) is 0 Å². The lowest BCUT2D eigenvalue weighted by molar-refractivity contribution is 0.0783. The number of benzene rings is 2. The first kappa shape index (κ1) is 21.5. The van der Waals surface area contributed by atoms with Crippen LogP contribution in [0.25, 0.3) is 0 Å². The highest BCUT2D eigenvalue weighted by atomic mass is 79.9. The summed E-state index contributed by atoms with van der Waals surface area (Å²) in [5.74, 6) is -0.800. The van der Waals surface area contributed by atoms with Crippen LogP contribution in [0.2, 0.25) is 0 Å². The molecule has 2 rings (SSSR count). The number of hydrogen-bond acceptors (Lipinski definition) is 3. The molecular formula is C19H22BrFN2O3S. The van der Waals surface area contributed by atoms with Crippen molar-refractivity contribution in [2.45, 2.75) is 31.3 Å². The summed E-state index contributed by atoms with van der Waals surface area (Å²) in [5.41, 5.74) is 0.592. The van der Waals surface area contributed by atoms with E-state index in [0.717, 1.165) is 0 Å². The van der Waals surface area contributed by atoms with Gasteiger partial charge in [-0.1, -0.05) is 22.0 Å². The van der Waals surface area contributed by atoms with Gasteiger partial charge in [0.1, 0.15) is 5.82 Å². The minimum absolute atomic E-state index is 0.0478. The van der Waals surface area contributed by atoms with E-state index in [2.05, 4.69) is 15.9 Å². The molecule has 0 radical (unpaired) electrons. The van der Waals surface area contributed by atoms with Gasteiger partial charge in [0.05, 0.1) is 4.90 Å². The summed E-state index contributed by atoms with van der Waals surface area (Å²) in [6.45, 7) is 3.60. The van der Waals surface area contributed by atoms with E-state index in [4.69, 9.17) is 0 Å². The Balaban J connectivity index is 2.28. The van der Waals surface area contributed by atoms with Gasteiger partial charge in [-0.25, -0.2) is 12.8 Å². The average molecular weight is 457 g/mol. The fraction of sp³-hybridized carbons (Fsp3) is 0.316. The summed E-state index contributed by atoms with van der Waals surface area (Å²) in [6.07, 6.45) is 0. The van der Waals surface area contributed by atoms with Gasteiger partial charge in [0.15, 0.2) is 0 Å². The number of hydrogen-bond donors (Lipinski definition) is 0. The summed E-state index contributed by atoms with van der Waals surface area (Å²) in [4.78, 5) is 14.1. The second kappa shape index (κ2) is 8.50. The number of sulfonamides is 1. The molecule has 0 atom stereocenters. The molecule has 27 heavy (non-hydrogen) atoms. The SMILES string of the molecule is CC(C)N(C)S(=O)(=O)c1cccc(C(=O)N(C)Cc2cc(Br)ccc2F)c1. The Morgan fingerprint density at radius 1 is 1.15 bits per heavy atom. The second-order valence-electron chi connectivity index (χ2n) is 6.54. The minimum Gasteiger partial charge on any atom is -0.337 e. The molecule has 146 valence electrons. The van der Waals surface area contributed by atoms with Gasteiger partial charge in [-0.15, -0.1) is 0 Å². The fourth-order valence-electron chi connectivity index (χ4n) is 2.45. The molecule has 0 heterocycles. The fourth-order valence-corrected chi connectivity index (χ4v) is 4.27. The molecule has 0 fully saturated rings. The van der Waals surface area contributed by atoms with Crippen LogP contribution in [-0.2, 0) is 16.6 Å². The van der Waals surface area contributed by atoms with Crippen LogP contribution in [0, 0.1) is 5.82 Å². The molecule has 0 aromatic heterocycles. The Morgan fingerprint density at radius 2 is 1.81 bits per heavy atom. The summed E-state index contributed by atoms with van der Waals surface area (Å²) in [6, 6.07) is 10.2. The highest BCUT2D eigenvalue weighted by Gasteiger charge is 2.24. The van der Waals surface area contributed by atoms with Gasteiger partial charge in [0, 0.05) is 42.3 Å². The van der Waals surface area contributed by atoms with Gasteiger partial charge in [0.2, 0.25) is 10.0 Å². The van der Waals surface area contributed by atoms with Gasteiger partial charge in [-0.2, -0.15) is 4.31 Å². The second-order valence-corrected chi connectivity index (χ2v) is 9.45. The Labute approximate surface area is 168 Å². The molecule has 2 aromatic carbocycles. The summed E-state index contributed by atoms with van der Waals surface area (Å²) in [7, 11) is -0.652. The molecule has 0 aliphatic heterocycles. The van der Waals surface area contributed by atoms with E-state index in [-0.39, 0.29) is 23.0 Å². The molecule has 0 saturated carbocycles. The molecule has 0 saturated heterocycles. The van der Waals surface area contributed by atoms with Gasteiger partial charge in [-0.05, 0) is 50.2 Å². The molecule has 0 spiro atoms. The quantitative estimate of drug-likeness (QED) is 0.662. The molecule has 0 aliphatic carbocycles. The molecule has 0 aliphatic rings. The average Bonchev–Trinajstić information content (AvgIpc) is 2.63. The maximum absolute atomic E-state index is 13.9. The van der Waals surface area contributed by atoms with Gasteiger partial charge < -0.3 is 4.90 Å². The van der Waals surface area contributed by atoms with Crippen molar-refractivity contribution in [2.24, 2.45) is 0 Å². The number of rotatable bonds is 6. The summed E-state index contributed by atoms with van der Waals surface area (Å²) >= 11 is 3.28. The smallest absolute Gasteiger partial charge is 0.253 e. The predicted octanol–water partition coefficient (Wildman–Crippen LogP) is 3.89. The van der Waals surface area contributed by atoms with Crippen molar-refractivity contribution >= 4 is 31.9 Å². The Hall–Kier alpha value is -1.77. The van der Waals surface area contributed by atoms with Crippen molar-refractivity contribution < 1.29 is 17.6 Å². The summed E-state index contributed by atoms with van der Waals surface area (Å²) in [5, 5.41) is 0. The van der Waals surface area contributed by atoms with Crippen LogP contribution < -0.4 is 0 Å². The van der Waals surface area contributed by atoms with E-state index in [0.29, 0.717) is 10.0 Å². The number of carbonyl (C=O) groups is 1. The van der Waals surface area contributed by atoms with Crippen LogP contribution in [0.1, 0.15) is 29.8 Å². The van der Waals surface area contributed by atoms with Crippen molar-refractivity contribution in [2.75, 3.05) is 14.1 Å². The monoisotopic (exact) mass is 456 g/mol. The largest absolute Gasteiger partial charge is 0.337 e. The zero-order chi connectivity index (χ0) is 20.4. The highest BCUT2D eigenvalue weighted by molar-refractivity contribution is 9.10. The van der Waals surface area contributed by atoms with Crippen molar-refractivity contribution in [1.29, 1.82) is 0 Å². The van der Waals surface area contributed by atoms with Crippen molar-refractivity contribution in [3.05, 3.63) is 63.9 Å². The lowest BCUT2D eigenvalue weighted by Gasteiger charge is -2.22. The molecule has 8 heteroatoms. The van der Waals surface area contributed by atoms with Gasteiger partial charge >= 0.3 is 0 Å². The van der Waals surface area contributed by atoms with E-state index >= 15 is 0 Å². The molecule has 1 amide bonds. The number of carbonyl (C=O) groups excluding carboxylic acids is 1. The third-order valence-electron chi connectivity index (χ3n) is 4.25. The first-order chi connectivity index (χ1) is 12.5. The van der Waals surface area contributed by atoms with E-state index in [9.17, 15) is 17.6 Å². The molecular weight excluding hydrogens is 435 g/mol. The molecule has 2 aromatic rings. The Kier molecular flexibility index (Phi) is 6.77. The van der Waals surface area contributed by atoms with Crippen molar-refractivity contribution in [3.63, 3.8) is 0 Å². The normalized spacial score (nSPS) is 11.9. The van der Waals surface area contributed by atoms with E-state index in [1.807, 2.05) is 0 Å². The van der Waals surface area contributed by atoms with Crippen molar-refractivity contribution in [1.82, 2.24) is 9.21 Å². The lowest BCUT2D eigenvalue weighted by atomic mass is 10.1. The van der Waals surface area contributed by atoms with E-state index < -0.39 is 21.7 Å². The van der Waals surface area contributed by atoms with Crippen LogP contribution in [-0.4, -0.2) is 43.7 Å². The molecule has 5 nitrogen and oxygen atoms in total. The number of amides is 1.